The summed E-state index contributed by atoms with van der Waals surface area (Å²) in [5, 5.41) is 8.91. The first-order chi connectivity index (χ1) is 13.9. The number of pyridine rings is 1. The van der Waals surface area contributed by atoms with Crippen molar-refractivity contribution in [2.24, 2.45) is 5.92 Å². The van der Waals surface area contributed by atoms with E-state index in [1.807, 2.05) is 24.3 Å². The molecular formula is C23H26F3NO2. The summed E-state index contributed by atoms with van der Waals surface area (Å²) in [5.74, 6) is 0.361. The Hall–Kier alpha value is -2.34. The van der Waals surface area contributed by atoms with Gasteiger partial charge in [-0.1, -0.05) is 43.2 Å². The van der Waals surface area contributed by atoms with Gasteiger partial charge in [-0.05, 0) is 61.3 Å². The van der Waals surface area contributed by atoms with E-state index in [9.17, 15) is 18.0 Å². The third-order valence-corrected chi connectivity index (χ3v) is 5.45. The molecule has 0 saturated heterocycles. The molecular weight excluding hydrogens is 379 g/mol. The number of aryl methyl sites for hydroxylation is 1. The van der Waals surface area contributed by atoms with E-state index in [-0.39, 0.29) is 6.61 Å². The second kappa shape index (κ2) is 9.44. The molecule has 156 valence electrons. The number of hydrogen-bond donors (Lipinski definition) is 2. The van der Waals surface area contributed by atoms with E-state index in [2.05, 4.69) is 11.1 Å². The minimum absolute atomic E-state index is 0.174. The Morgan fingerprint density at radius 2 is 1.76 bits per heavy atom. The standard InChI is InChI=1S/C23H26F3NO2/c24-23(25,26)20-12-13-21(27-22(20)29)19(15-17-6-1-2-7-17)18-10-8-16(9-11-18)5-3-4-14-28/h8-13,15,17,28H,1-7,14H2,(H,27,29)/b19-15+. The number of aromatic nitrogens is 1. The monoisotopic (exact) mass is 405 g/mol. The molecule has 2 N–H and O–H groups in total. The van der Waals surface area contributed by atoms with Crippen molar-refractivity contribution < 1.29 is 18.3 Å². The molecule has 1 aromatic heterocycles. The van der Waals surface area contributed by atoms with Crippen LogP contribution in [0.4, 0.5) is 13.2 Å². The molecule has 0 atom stereocenters. The van der Waals surface area contributed by atoms with Crippen molar-refractivity contribution in [2.75, 3.05) is 6.61 Å². The van der Waals surface area contributed by atoms with Crippen molar-refractivity contribution in [1.82, 2.24) is 4.98 Å². The van der Waals surface area contributed by atoms with Gasteiger partial charge in [0.15, 0.2) is 0 Å². The van der Waals surface area contributed by atoms with E-state index in [0.717, 1.165) is 67.7 Å². The number of allylic oxidation sites excluding steroid dienone is 1. The zero-order valence-corrected chi connectivity index (χ0v) is 16.3. The Labute approximate surface area is 168 Å². The van der Waals surface area contributed by atoms with Crippen LogP contribution >= 0.6 is 0 Å². The second-order valence-electron chi connectivity index (χ2n) is 7.62. The highest BCUT2D eigenvalue weighted by Crippen LogP contribution is 2.32. The number of H-pyrrole nitrogens is 1. The lowest BCUT2D eigenvalue weighted by Gasteiger charge is -2.14. The molecule has 3 nitrogen and oxygen atoms in total. The third kappa shape index (κ3) is 5.60. The molecule has 6 heteroatoms. The van der Waals surface area contributed by atoms with Crippen LogP contribution in [0, 0.1) is 5.92 Å². The molecule has 1 fully saturated rings. The highest BCUT2D eigenvalue weighted by atomic mass is 19.4. The molecule has 1 heterocycles. The zero-order chi connectivity index (χ0) is 20.9. The van der Waals surface area contributed by atoms with E-state index in [4.69, 9.17) is 5.11 Å². The molecule has 0 amide bonds. The predicted octanol–water partition coefficient (Wildman–Crippen LogP) is 5.33. The van der Waals surface area contributed by atoms with Gasteiger partial charge in [0, 0.05) is 17.9 Å². The van der Waals surface area contributed by atoms with Crippen molar-refractivity contribution >= 4 is 5.57 Å². The van der Waals surface area contributed by atoms with Gasteiger partial charge >= 0.3 is 6.18 Å². The molecule has 29 heavy (non-hydrogen) atoms. The fourth-order valence-corrected chi connectivity index (χ4v) is 3.85. The number of aliphatic hydroxyl groups is 1. The Morgan fingerprint density at radius 3 is 2.34 bits per heavy atom. The lowest BCUT2D eigenvalue weighted by Crippen LogP contribution is -2.22. The first-order valence-corrected chi connectivity index (χ1v) is 10.1. The van der Waals surface area contributed by atoms with E-state index in [1.54, 1.807) is 0 Å². The predicted molar refractivity (Wildman–Crippen MR) is 108 cm³/mol. The highest BCUT2D eigenvalue weighted by molar-refractivity contribution is 5.78. The van der Waals surface area contributed by atoms with E-state index >= 15 is 0 Å². The number of aliphatic hydroxyl groups excluding tert-OH is 1. The SMILES string of the molecule is O=c1[nH]c(/C(=C/C2CCCC2)c2ccc(CCCCO)cc2)ccc1C(F)(F)F. The number of aromatic amines is 1. The van der Waals surface area contributed by atoms with Gasteiger partial charge in [-0.15, -0.1) is 0 Å². The van der Waals surface area contributed by atoms with E-state index < -0.39 is 17.3 Å². The van der Waals surface area contributed by atoms with Gasteiger partial charge in [0.2, 0.25) is 0 Å². The fourth-order valence-electron chi connectivity index (χ4n) is 3.85. The smallest absolute Gasteiger partial charge is 0.396 e. The minimum Gasteiger partial charge on any atom is -0.396 e. The highest BCUT2D eigenvalue weighted by Gasteiger charge is 2.34. The number of nitrogens with one attached hydrogen (secondary N) is 1. The maximum atomic E-state index is 13.0. The van der Waals surface area contributed by atoms with Gasteiger partial charge in [-0.25, -0.2) is 0 Å². The summed E-state index contributed by atoms with van der Waals surface area (Å²) >= 11 is 0. The molecule has 0 bridgehead atoms. The number of unbranched alkanes of at least 4 members (excludes halogenated alkanes) is 1. The van der Waals surface area contributed by atoms with Crippen LogP contribution in [0.15, 0.2) is 47.3 Å². The topological polar surface area (TPSA) is 53.1 Å². The molecule has 1 saturated carbocycles. The van der Waals surface area contributed by atoms with Gasteiger partial charge in [0.05, 0.1) is 0 Å². The van der Waals surface area contributed by atoms with Crippen LogP contribution in [0.1, 0.15) is 60.9 Å². The summed E-state index contributed by atoms with van der Waals surface area (Å²) in [7, 11) is 0. The average Bonchev–Trinajstić information content (AvgIpc) is 3.19. The number of halogens is 3. The van der Waals surface area contributed by atoms with Gasteiger partial charge in [0.25, 0.3) is 5.56 Å². The van der Waals surface area contributed by atoms with Crippen LogP contribution in [-0.2, 0) is 12.6 Å². The number of rotatable bonds is 7. The molecule has 0 radical (unpaired) electrons. The van der Waals surface area contributed by atoms with Crippen molar-refractivity contribution in [2.45, 2.75) is 51.1 Å². The molecule has 1 aliphatic carbocycles. The summed E-state index contributed by atoms with van der Waals surface area (Å²) in [6.07, 6.45) is 4.31. The van der Waals surface area contributed by atoms with Gasteiger partial charge < -0.3 is 10.1 Å². The minimum atomic E-state index is -4.67. The van der Waals surface area contributed by atoms with Crippen LogP contribution in [0.5, 0.6) is 0 Å². The van der Waals surface area contributed by atoms with Gasteiger partial charge in [-0.3, -0.25) is 4.79 Å². The molecule has 1 aromatic carbocycles. The second-order valence-corrected chi connectivity index (χ2v) is 7.62. The molecule has 0 unspecified atom stereocenters. The molecule has 1 aliphatic rings. The van der Waals surface area contributed by atoms with Crippen LogP contribution < -0.4 is 5.56 Å². The molecule has 2 aromatic rings. The average molecular weight is 405 g/mol. The summed E-state index contributed by atoms with van der Waals surface area (Å²) in [6.45, 7) is 0.174. The Bertz CT molecular complexity index is 892. The van der Waals surface area contributed by atoms with Crippen molar-refractivity contribution in [3.8, 4) is 0 Å². The Balaban J connectivity index is 1.93. The Kier molecular flexibility index (Phi) is 6.96. The van der Waals surface area contributed by atoms with Crippen LogP contribution in [0.25, 0.3) is 5.57 Å². The number of benzene rings is 1. The summed E-state index contributed by atoms with van der Waals surface area (Å²) < 4.78 is 38.9. The van der Waals surface area contributed by atoms with E-state index in [1.165, 1.54) is 6.07 Å². The summed E-state index contributed by atoms with van der Waals surface area (Å²) in [6, 6.07) is 10.1. The van der Waals surface area contributed by atoms with Gasteiger partial charge in [-0.2, -0.15) is 13.2 Å². The van der Waals surface area contributed by atoms with Gasteiger partial charge in [0.1, 0.15) is 5.56 Å². The molecule has 0 spiro atoms. The van der Waals surface area contributed by atoms with Crippen LogP contribution in [-0.4, -0.2) is 16.7 Å². The largest absolute Gasteiger partial charge is 0.421 e. The maximum Gasteiger partial charge on any atom is 0.421 e. The normalized spacial score (nSPS) is 15.8. The third-order valence-electron chi connectivity index (χ3n) is 5.45. The summed E-state index contributed by atoms with van der Waals surface area (Å²) in [4.78, 5) is 14.5. The van der Waals surface area contributed by atoms with Crippen molar-refractivity contribution in [1.29, 1.82) is 0 Å². The number of alkyl halides is 3. The lowest BCUT2D eigenvalue weighted by molar-refractivity contribution is -0.138. The number of hydrogen-bond acceptors (Lipinski definition) is 2. The maximum absolute atomic E-state index is 13.0. The molecule has 3 rings (SSSR count). The fraction of sp³-hybridized carbons (Fsp3) is 0.435. The first kappa shape index (κ1) is 21.4. The van der Waals surface area contributed by atoms with E-state index in [0.29, 0.717) is 11.6 Å². The quantitative estimate of drug-likeness (QED) is 0.612. The van der Waals surface area contributed by atoms with Crippen molar-refractivity contribution in [3.63, 3.8) is 0 Å². The Morgan fingerprint density at radius 1 is 1.07 bits per heavy atom. The summed E-state index contributed by atoms with van der Waals surface area (Å²) in [5.41, 5.74) is 0.891. The molecule has 0 aliphatic heterocycles. The van der Waals surface area contributed by atoms with Crippen LogP contribution in [0.3, 0.4) is 0 Å². The first-order valence-electron chi connectivity index (χ1n) is 10.1. The zero-order valence-electron chi connectivity index (χ0n) is 16.3. The van der Waals surface area contributed by atoms with Crippen LogP contribution in [0.2, 0.25) is 0 Å². The lowest BCUT2D eigenvalue weighted by atomic mass is 9.94. The van der Waals surface area contributed by atoms with Crippen molar-refractivity contribution in [3.05, 3.63) is 75.2 Å².